The van der Waals surface area contributed by atoms with Gasteiger partial charge in [-0.05, 0) is 49.6 Å². The molecule has 2 aromatic carbocycles. The number of carbonyl (C=O) groups excluding carboxylic acids is 1. The number of hydrogen-bond donors (Lipinski definition) is 1. The lowest BCUT2D eigenvalue weighted by molar-refractivity contribution is -0.113. The van der Waals surface area contributed by atoms with Gasteiger partial charge >= 0.3 is 0 Å². The minimum Gasteiger partial charge on any atom is -0.323 e. The Morgan fingerprint density at radius 3 is 2.85 bits per heavy atom. The summed E-state index contributed by atoms with van der Waals surface area (Å²) in [7, 11) is 0. The van der Waals surface area contributed by atoms with E-state index in [4.69, 9.17) is 4.98 Å². The summed E-state index contributed by atoms with van der Waals surface area (Å²) in [5.41, 5.74) is 2.71. The Balaban J connectivity index is 1.49. The van der Waals surface area contributed by atoms with E-state index in [1.54, 1.807) is 28.5 Å². The lowest BCUT2D eigenvalue weighted by Gasteiger charge is -2.24. The van der Waals surface area contributed by atoms with Crippen LogP contribution in [0.5, 0.6) is 0 Å². The van der Waals surface area contributed by atoms with Crippen molar-refractivity contribution >= 4 is 35.1 Å². The molecular weight excluding hydrogens is 457 g/mol. The molecule has 170 valence electrons. The van der Waals surface area contributed by atoms with Gasteiger partial charge in [-0.25, -0.2) is 9.37 Å². The zero-order chi connectivity index (χ0) is 22.9. The van der Waals surface area contributed by atoms with Crippen LogP contribution in [0.2, 0.25) is 0 Å². The van der Waals surface area contributed by atoms with Crippen molar-refractivity contribution in [3.63, 3.8) is 0 Å². The van der Waals surface area contributed by atoms with Crippen LogP contribution in [0, 0.1) is 12.7 Å². The zero-order valence-corrected chi connectivity index (χ0v) is 19.8. The van der Waals surface area contributed by atoms with Crippen molar-refractivity contribution in [1.82, 2.24) is 9.55 Å². The Labute approximate surface area is 200 Å². The highest BCUT2D eigenvalue weighted by Gasteiger charge is 2.39. The van der Waals surface area contributed by atoms with Crippen LogP contribution in [0.1, 0.15) is 42.7 Å². The fourth-order valence-electron chi connectivity index (χ4n) is 4.58. The van der Waals surface area contributed by atoms with Crippen molar-refractivity contribution in [2.75, 3.05) is 11.1 Å². The highest BCUT2D eigenvalue weighted by molar-refractivity contribution is 8.00. The van der Waals surface area contributed by atoms with Crippen LogP contribution >= 0.6 is 23.5 Å². The molecule has 33 heavy (non-hydrogen) atoms. The van der Waals surface area contributed by atoms with Gasteiger partial charge in [0.05, 0.1) is 22.7 Å². The maximum absolute atomic E-state index is 13.9. The number of thioether (sulfide) groups is 2. The second-order valence-electron chi connectivity index (χ2n) is 8.46. The third-order valence-electron chi connectivity index (χ3n) is 6.13. The average Bonchev–Trinajstić information content (AvgIpc) is 3.18. The van der Waals surface area contributed by atoms with Crippen molar-refractivity contribution in [2.24, 2.45) is 0 Å². The molecule has 1 aliphatic heterocycles. The first kappa shape index (κ1) is 22.2. The molecule has 2 aliphatic rings. The number of fused-ring (bicyclic) bond motifs is 3. The minimum absolute atomic E-state index is 0.0168. The lowest BCUT2D eigenvalue weighted by Crippen LogP contribution is -2.29. The van der Waals surface area contributed by atoms with E-state index < -0.39 is 5.82 Å². The van der Waals surface area contributed by atoms with Gasteiger partial charge in [-0.2, -0.15) is 0 Å². The molecule has 2 heterocycles. The molecule has 1 saturated carbocycles. The van der Waals surface area contributed by atoms with Crippen molar-refractivity contribution in [2.45, 2.75) is 54.0 Å². The summed E-state index contributed by atoms with van der Waals surface area (Å²) in [5.74, 6) is -0.569. The number of aryl methyl sites for hydroxylation is 1. The van der Waals surface area contributed by atoms with Crippen LogP contribution in [-0.4, -0.2) is 26.5 Å². The molecule has 5 rings (SSSR count). The van der Waals surface area contributed by atoms with Gasteiger partial charge < -0.3 is 5.32 Å². The molecule has 1 N–H and O–H groups in total. The van der Waals surface area contributed by atoms with Crippen LogP contribution in [0.25, 0.3) is 5.69 Å². The van der Waals surface area contributed by atoms with E-state index in [0.29, 0.717) is 10.4 Å². The largest absolute Gasteiger partial charge is 0.323 e. The van der Waals surface area contributed by atoms with Crippen molar-refractivity contribution in [3.8, 4) is 5.69 Å². The van der Waals surface area contributed by atoms with E-state index in [9.17, 15) is 14.0 Å². The molecule has 8 heteroatoms. The molecule has 1 fully saturated rings. The number of para-hydroxylation sites is 1. The normalized spacial score (nSPS) is 19.1. The summed E-state index contributed by atoms with van der Waals surface area (Å²) in [5, 5.41) is 4.30. The Kier molecular flexibility index (Phi) is 6.29. The Morgan fingerprint density at radius 2 is 2.03 bits per heavy atom. The van der Waals surface area contributed by atoms with E-state index in [1.807, 2.05) is 31.2 Å². The smallest absolute Gasteiger partial charge is 0.263 e. The van der Waals surface area contributed by atoms with Crippen molar-refractivity contribution in [1.29, 1.82) is 0 Å². The number of rotatable bonds is 5. The number of aromatic nitrogens is 2. The monoisotopic (exact) mass is 481 g/mol. The fourth-order valence-corrected chi connectivity index (χ4v) is 6.96. The van der Waals surface area contributed by atoms with Gasteiger partial charge in [0.2, 0.25) is 5.91 Å². The number of benzene rings is 2. The maximum atomic E-state index is 13.9. The predicted octanol–water partition coefficient (Wildman–Crippen LogP) is 5.54. The maximum Gasteiger partial charge on any atom is 0.263 e. The number of carbonyl (C=O) groups is 1. The molecule has 0 unspecified atom stereocenters. The predicted molar refractivity (Wildman–Crippen MR) is 131 cm³/mol. The Hall–Kier alpha value is -2.58. The van der Waals surface area contributed by atoms with Crippen LogP contribution < -0.4 is 10.9 Å². The Bertz CT molecular complexity index is 1280. The lowest BCUT2D eigenvalue weighted by atomic mass is 9.85. The van der Waals surface area contributed by atoms with Crippen molar-refractivity contribution in [3.05, 3.63) is 75.8 Å². The molecule has 0 bridgehead atoms. The van der Waals surface area contributed by atoms with Crippen molar-refractivity contribution < 1.29 is 9.18 Å². The molecule has 1 amide bonds. The fraction of sp³-hybridized carbons (Fsp3) is 0.320. The molecule has 2 atom stereocenters. The second kappa shape index (κ2) is 9.35. The number of nitrogens with one attached hydrogen (secondary N) is 1. The van der Waals surface area contributed by atoms with Gasteiger partial charge in [0.1, 0.15) is 10.8 Å². The molecule has 3 aromatic rings. The highest BCUT2D eigenvalue weighted by Crippen LogP contribution is 2.50. The summed E-state index contributed by atoms with van der Waals surface area (Å²) in [6.07, 6.45) is 4.44. The van der Waals surface area contributed by atoms with Gasteiger partial charge in [0.25, 0.3) is 5.56 Å². The average molecular weight is 482 g/mol. The van der Waals surface area contributed by atoms with E-state index in [2.05, 4.69) is 5.32 Å². The second-order valence-corrected chi connectivity index (χ2v) is 10.6. The zero-order valence-electron chi connectivity index (χ0n) is 18.2. The Morgan fingerprint density at radius 1 is 1.21 bits per heavy atom. The molecule has 0 saturated heterocycles. The van der Waals surface area contributed by atoms with E-state index in [-0.39, 0.29) is 28.8 Å². The summed E-state index contributed by atoms with van der Waals surface area (Å²) in [6.45, 7) is 1.98. The quantitative estimate of drug-likeness (QED) is 0.294. The summed E-state index contributed by atoms with van der Waals surface area (Å²) >= 11 is 2.90. The number of amides is 1. The number of hydrogen-bond acceptors (Lipinski definition) is 5. The molecule has 1 aromatic heterocycles. The summed E-state index contributed by atoms with van der Waals surface area (Å²) in [4.78, 5) is 31.2. The first-order valence-corrected chi connectivity index (χ1v) is 13.0. The first-order valence-electron chi connectivity index (χ1n) is 11.1. The minimum atomic E-state index is -0.484. The van der Waals surface area contributed by atoms with Gasteiger partial charge in [0.15, 0.2) is 5.16 Å². The molecule has 1 aliphatic carbocycles. The van der Waals surface area contributed by atoms with Crippen LogP contribution in [0.4, 0.5) is 10.1 Å². The van der Waals surface area contributed by atoms with Crippen LogP contribution in [0.15, 0.2) is 63.5 Å². The molecular formula is C25H24FN3O2S2. The topological polar surface area (TPSA) is 64.0 Å². The third kappa shape index (κ3) is 4.46. The highest BCUT2D eigenvalue weighted by atomic mass is 32.2. The van der Waals surface area contributed by atoms with Crippen LogP contribution in [0.3, 0.4) is 0 Å². The standard InChI is InChI=1S/C25H24FN3O2S2/c1-15-7-6-8-16(13-15)29-24(31)22-17-9-2-5-12-20(17)33-23(22)28-25(29)32-14-21(30)27-19-11-4-3-10-18(19)26/h3-4,6-8,10-11,13,17,20H,2,5,9,12,14H2,1H3,(H,27,30)/t17-,20+/m0/s1. The van der Waals surface area contributed by atoms with Gasteiger partial charge in [-0.1, -0.05) is 48.9 Å². The number of nitrogens with zero attached hydrogens (tertiary/aromatic N) is 2. The summed E-state index contributed by atoms with van der Waals surface area (Å²) < 4.78 is 15.5. The van der Waals surface area contributed by atoms with E-state index in [0.717, 1.165) is 41.1 Å². The number of anilines is 1. The molecule has 5 nitrogen and oxygen atoms in total. The molecule has 0 radical (unpaired) electrons. The van der Waals surface area contributed by atoms with Gasteiger partial charge in [-0.15, -0.1) is 11.8 Å². The molecule has 0 spiro atoms. The van der Waals surface area contributed by atoms with Crippen LogP contribution in [-0.2, 0) is 4.79 Å². The number of halogens is 1. The van der Waals surface area contributed by atoms with E-state index in [1.165, 1.54) is 30.3 Å². The van der Waals surface area contributed by atoms with Gasteiger partial charge in [-0.3, -0.25) is 14.2 Å². The van der Waals surface area contributed by atoms with Gasteiger partial charge in [0, 0.05) is 11.2 Å². The summed E-state index contributed by atoms with van der Waals surface area (Å²) in [6, 6.07) is 13.8. The van der Waals surface area contributed by atoms with E-state index >= 15 is 0 Å². The SMILES string of the molecule is Cc1cccc(-n2c(SCC(=O)Nc3ccccc3F)nc3c(c2=O)[C@H]2CCCC[C@H]2S3)c1. The first-order chi connectivity index (χ1) is 16.0. The third-order valence-corrected chi connectivity index (χ3v) is 8.47.